The lowest BCUT2D eigenvalue weighted by molar-refractivity contribution is -0.122. The number of carbonyl (C=O) groups excluding carboxylic acids is 3. The standard InChI is InChI=1S/C23H24N2O3/c1-14-7-12-18-19(13-14)23(28)25(22(18)27)17-10-8-16(9-11-17)21(26)24-20-6-4-3-5-15(20)2/h3-6,8-11,14,18-19H,7,12-13H2,1-2H3,(H,24,26)/t14-,18+,19-/m1/s1. The number of aryl methyl sites for hydroxylation is 1. The smallest absolute Gasteiger partial charge is 0.255 e. The highest BCUT2D eigenvalue weighted by Crippen LogP contribution is 2.42. The number of amides is 3. The number of nitrogens with one attached hydrogen (secondary N) is 1. The molecule has 5 heteroatoms. The van der Waals surface area contributed by atoms with Crippen molar-refractivity contribution in [1.82, 2.24) is 0 Å². The van der Waals surface area contributed by atoms with Gasteiger partial charge in [-0.25, -0.2) is 0 Å². The molecular formula is C23H24N2O3. The summed E-state index contributed by atoms with van der Waals surface area (Å²) in [6.45, 7) is 4.07. The number of fused-ring (bicyclic) bond motifs is 1. The normalized spacial score (nSPS) is 24.2. The molecule has 0 radical (unpaired) electrons. The van der Waals surface area contributed by atoms with Crippen LogP contribution in [0.25, 0.3) is 0 Å². The summed E-state index contributed by atoms with van der Waals surface area (Å²) in [6, 6.07) is 14.3. The highest BCUT2D eigenvalue weighted by molar-refractivity contribution is 6.22. The third kappa shape index (κ3) is 3.21. The molecule has 1 saturated heterocycles. The van der Waals surface area contributed by atoms with E-state index >= 15 is 0 Å². The lowest BCUT2D eigenvalue weighted by atomic mass is 9.76. The molecule has 28 heavy (non-hydrogen) atoms. The van der Waals surface area contributed by atoms with E-state index in [1.807, 2.05) is 31.2 Å². The first kappa shape index (κ1) is 18.4. The molecule has 4 rings (SSSR count). The van der Waals surface area contributed by atoms with Gasteiger partial charge in [0.15, 0.2) is 0 Å². The summed E-state index contributed by atoms with van der Waals surface area (Å²) in [5.41, 5.74) is 2.78. The molecule has 0 aromatic heterocycles. The Bertz CT molecular complexity index is 935. The van der Waals surface area contributed by atoms with Gasteiger partial charge in [0.05, 0.1) is 17.5 Å². The number of para-hydroxylation sites is 1. The lowest BCUT2D eigenvalue weighted by Crippen LogP contribution is -2.30. The van der Waals surface area contributed by atoms with Crippen LogP contribution in [-0.2, 0) is 9.59 Å². The fraction of sp³-hybridized carbons (Fsp3) is 0.348. The molecule has 2 fully saturated rings. The summed E-state index contributed by atoms with van der Waals surface area (Å²) in [6.07, 6.45) is 2.55. The van der Waals surface area contributed by atoms with E-state index in [1.54, 1.807) is 24.3 Å². The van der Waals surface area contributed by atoms with Gasteiger partial charge in [-0.05, 0) is 68.0 Å². The van der Waals surface area contributed by atoms with Crippen LogP contribution in [0, 0.1) is 24.7 Å². The zero-order valence-corrected chi connectivity index (χ0v) is 16.1. The first-order valence-corrected chi connectivity index (χ1v) is 9.80. The number of hydrogen-bond donors (Lipinski definition) is 1. The summed E-state index contributed by atoms with van der Waals surface area (Å²) in [5.74, 6) is -0.321. The van der Waals surface area contributed by atoms with E-state index < -0.39 is 0 Å². The second-order valence-corrected chi connectivity index (χ2v) is 7.96. The molecule has 1 saturated carbocycles. The number of benzene rings is 2. The number of anilines is 2. The molecule has 3 atom stereocenters. The maximum atomic E-state index is 12.8. The predicted molar refractivity (Wildman–Crippen MR) is 108 cm³/mol. The second-order valence-electron chi connectivity index (χ2n) is 7.96. The molecule has 0 unspecified atom stereocenters. The zero-order valence-electron chi connectivity index (χ0n) is 16.1. The van der Waals surface area contributed by atoms with E-state index in [0.717, 1.165) is 30.5 Å². The van der Waals surface area contributed by atoms with Gasteiger partial charge < -0.3 is 5.32 Å². The molecular weight excluding hydrogens is 352 g/mol. The Kier molecular flexibility index (Phi) is 4.75. The molecule has 0 spiro atoms. The van der Waals surface area contributed by atoms with Crippen molar-refractivity contribution in [1.29, 1.82) is 0 Å². The Morgan fingerprint density at radius 2 is 1.64 bits per heavy atom. The van der Waals surface area contributed by atoms with Crippen molar-refractivity contribution in [3.63, 3.8) is 0 Å². The molecule has 1 aliphatic heterocycles. The first-order valence-electron chi connectivity index (χ1n) is 9.80. The topological polar surface area (TPSA) is 66.5 Å². The van der Waals surface area contributed by atoms with Crippen LogP contribution < -0.4 is 10.2 Å². The van der Waals surface area contributed by atoms with Gasteiger partial charge in [-0.1, -0.05) is 25.1 Å². The van der Waals surface area contributed by atoms with Gasteiger partial charge in [-0.2, -0.15) is 0 Å². The second kappa shape index (κ2) is 7.23. The Morgan fingerprint density at radius 3 is 2.36 bits per heavy atom. The van der Waals surface area contributed by atoms with Gasteiger partial charge in [0.1, 0.15) is 0 Å². The third-order valence-electron chi connectivity index (χ3n) is 5.97. The number of nitrogens with zero attached hydrogens (tertiary/aromatic N) is 1. The Balaban J connectivity index is 1.52. The molecule has 3 amide bonds. The maximum Gasteiger partial charge on any atom is 0.255 e. The highest BCUT2D eigenvalue weighted by Gasteiger charge is 2.49. The van der Waals surface area contributed by atoms with Gasteiger partial charge in [-0.15, -0.1) is 0 Å². The van der Waals surface area contributed by atoms with Crippen LogP contribution in [-0.4, -0.2) is 17.7 Å². The van der Waals surface area contributed by atoms with Crippen molar-refractivity contribution in [2.45, 2.75) is 33.1 Å². The minimum Gasteiger partial charge on any atom is -0.322 e. The molecule has 0 bridgehead atoms. The van der Waals surface area contributed by atoms with E-state index in [-0.39, 0.29) is 29.6 Å². The minimum absolute atomic E-state index is 0.0981. The Hall–Kier alpha value is -2.95. The monoisotopic (exact) mass is 376 g/mol. The van der Waals surface area contributed by atoms with Crippen molar-refractivity contribution in [3.05, 3.63) is 59.7 Å². The predicted octanol–water partition coefficient (Wildman–Crippen LogP) is 4.17. The summed E-state index contributed by atoms with van der Waals surface area (Å²) in [7, 11) is 0. The van der Waals surface area contributed by atoms with Crippen molar-refractivity contribution in [2.24, 2.45) is 17.8 Å². The molecule has 2 aliphatic rings. The number of hydrogen-bond acceptors (Lipinski definition) is 3. The average molecular weight is 376 g/mol. The first-order chi connectivity index (χ1) is 13.5. The fourth-order valence-electron chi connectivity index (χ4n) is 4.31. The number of rotatable bonds is 3. The lowest BCUT2D eigenvalue weighted by Gasteiger charge is -2.25. The summed E-state index contributed by atoms with van der Waals surface area (Å²) in [4.78, 5) is 39.4. The minimum atomic E-state index is -0.220. The molecule has 2 aromatic rings. The molecule has 2 aromatic carbocycles. The molecule has 1 N–H and O–H groups in total. The van der Waals surface area contributed by atoms with E-state index in [0.29, 0.717) is 17.2 Å². The van der Waals surface area contributed by atoms with E-state index in [2.05, 4.69) is 12.2 Å². The van der Waals surface area contributed by atoms with Gasteiger partial charge in [0.2, 0.25) is 11.8 Å². The maximum absolute atomic E-state index is 12.8. The molecule has 5 nitrogen and oxygen atoms in total. The summed E-state index contributed by atoms with van der Waals surface area (Å²) in [5, 5.41) is 2.89. The van der Waals surface area contributed by atoms with Gasteiger partial charge in [0, 0.05) is 11.3 Å². The summed E-state index contributed by atoms with van der Waals surface area (Å²) >= 11 is 0. The van der Waals surface area contributed by atoms with Crippen molar-refractivity contribution in [3.8, 4) is 0 Å². The largest absolute Gasteiger partial charge is 0.322 e. The third-order valence-corrected chi connectivity index (χ3v) is 5.97. The average Bonchev–Trinajstić information content (AvgIpc) is 2.93. The van der Waals surface area contributed by atoms with Crippen LogP contribution in [0.3, 0.4) is 0 Å². The van der Waals surface area contributed by atoms with Crippen molar-refractivity contribution in [2.75, 3.05) is 10.2 Å². The number of carbonyl (C=O) groups is 3. The van der Waals surface area contributed by atoms with Crippen molar-refractivity contribution >= 4 is 29.1 Å². The van der Waals surface area contributed by atoms with Crippen LogP contribution in [0.1, 0.15) is 42.1 Å². The Labute approximate surface area is 164 Å². The zero-order chi connectivity index (χ0) is 19.8. The van der Waals surface area contributed by atoms with Crippen LogP contribution in [0.4, 0.5) is 11.4 Å². The Morgan fingerprint density at radius 1 is 0.964 bits per heavy atom. The van der Waals surface area contributed by atoms with Crippen LogP contribution >= 0.6 is 0 Å². The van der Waals surface area contributed by atoms with Crippen molar-refractivity contribution < 1.29 is 14.4 Å². The summed E-state index contributed by atoms with van der Waals surface area (Å²) < 4.78 is 0. The van der Waals surface area contributed by atoms with Gasteiger partial charge in [0.25, 0.3) is 5.91 Å². The quantitative estimate of drug-likeness (QED) is 0.818. The molecule has 1 aliphatic carbocycles. The van der Waals surface area contributed by atoms with Gasteiger partial charge in [-0.3, -0.25) is 19.3 Å². The van der Waals surface area contributed by atoms with E-state index in [4.69, 9.17) is 0 Å². The number of imide groups is 1. The van der Waals surface area contributed by atoms with Gasteiger partial charge >= 0.3 is 0 Å². The highest BCUT2D eigenvalue weighted by atomic mass is 16.2. The fourth-order valence-corrected chi connectivity index (χ4v) is 4.31. The molecule has 1 heterocycles. The van der Waals surface area contributed by atoms with Crippen LogP contribution in [0.2, 0.25) is 0 Å². The van der Waals surface area contributed by atoms with E-state index in [1.165, 1.54) is 4.90 Å². The van der Waals surface area contributed by atoms with Crippen LogP contribution in [0.15, 0.2) is 48.5 Å². The van der Waals surface area contributed by atoms with Crippen LogP contribution in [0.5, 0.6) is 0 Å². The SMILES string of the molecule is Cc1ccccc1NC(=O)c1ccc(N2C(=O)[C@H]3CC[C@@H](C)C[C@H]3C2=O)cc1. The molecule has 144 valence electrons. The van der Waals surface area contributed by atoms with E-state index in [9.17, 15) is 14.4 Å².